The van der Waals surface area contributed by atoms with Crippen molar-refractivity contribution in [3.05, 3.63) is 35.4 Å². The monoisotopic (exact) mass is 369 g/mol. The highest BCUT2D eigenvalue weighted by atomic mass is 16.5. The molecule has 1 amide bonds. The summed E-state index contributed by atoms with van der Waals surface area (Å²) in [7, 11) is 0. The number of benzene rings is 1. The third-order valence-corrected chi connectivity index (χ3v) is 4.88. The van der Waals surface area contributed by atoms with Crippen LogP contribution in [-0.4, -0.2) is 30.9 Å². The second kappa shape index (κ2) is 9.63. The molecule has 0 saturated carbocycles. The minimum absolute atomic E-state index is 0.00687. The van der Waals surface area contributed by atoms with Crippen LogP contribution in [0, 0.1) is 12.3 Å². The van der Waals surface area contributed by atoms with Crippen molar-refractivity contribution < 1.29 is 14.3 Å². The van der Waals surface area contributed by atoms with Gasteiger partial charge in [-0.1, -0.05) is 24.3 Å². The molecule has 2 aliphatic rings. The molecule has 0 aliphatic carbocycles. The van der Waals surface area contributed by atoms with Gasteiger partial charge in [0.2, 0.25) is 5.91 Å². The Bertz CT molecular complexity index is 699. The van der Waals surface area contributed by atoms with Gasteiger partial charge in [-0.2, -0.15) is 10.2 Å². The van der Waals surface area contributed by atoms with E-state index in [1.807, 2.05) is 18.2 Å². The standard InChI is InChI=1S/C21H27N3O3/c1-2-3-10-21(23-24-21)11-9-20(25)22-14-17-6-4-7-18(13-17)15-26-16-19-8-5-12-27-19/h1,4,6-7,13,19H,3,5,8-12,14-16H2,(H,22,25). The Morgan fingerprint density at radius 1 is 1.37 bits per heavy atom. The highest BCUT2D eigenvalue weighted by molar-refractivity contribution is 5.76. The van der Waals surface area contributed by atoms with E-state index in [1.54, 1.807) is 0 Å². The summed E-state index contributed by atoms with van der Waals surface area (Å²) in [6.07, 6.45) is 10.1. The lowest BCUT2D eigenvalue weighted by molar-refractivity contribution is -0.121. The van der Waals surface area contributed by atoms with Crippen molar-refractivity contribution in [3.8, 4) is 12.3 Å². The van der Waals surface area contributed by atoms with Gasteiger partial charge in [0.15, 0.2) is 5.66 Å². The van der Waals surface area contributed by atoms with E-state index in [0.717, 1.165) is 37.0 Å². The van der Waals surface area contributed by atoms with Crippen LogP contribution < -0.4 is 5.32 Å². The predicted octanol–water partition coefficient (Wildman–Crippen LogP) is 3.35. The number of carbonyl (C=O) groups excluding carboxylic acids is 1. The van der Waals surface area contributed by atoms with E-state index in [1.165, 1.54) is 0 Å². The van der Waals surface area contributed by atoms with E-state index in [-0.39, 0.29) is 12.0 Å². The van der Waals surface area contributed by atoms with Crippen LogP contribution in [-0.2, 0) is 27.4 Å². The van der Waals surface area contributed by atoms with Gasteiger partial charge in [-0.25, -0.2) is 0 Å². The van der Waals surface area contributed by atoms with E-state index in [9.17, 15) is 4.79 Å². The Labute approximate surface area is 160 Å². The largest absolute Gasteiger partial charge is 0.376 e. The Morgan fingerprint density at radius 2 is 2.22 bits per heavy atom. The SMILES string of the molecule is C#CCCC1(CCC(=O)NCc2cccc(COCC3CCCO3)c2)N=N1. The molecule has 27 heavy (non-hydrogen) atoms. The van der Waals surface area contributed by atoms with Gasteiger partial charge in [-0.3, -0.25) is 4.79 Å². The van der Waals surface area contributed by atoms with E-state index in [4.69, 9.17) is 15.9 Å². The lowest BCUT2D eigenvalue weighted by Gasteiger charge is -2.11. The van der Waals surface area contributed by atoms with Gasteiger partial charge < -0.3 is 14.8 Å². The molecule has 1 saturated heterocycles. The fourth-order valence-electron chi connectivity index (χ4n) is 3.18. The highest BCUT2D eigenvalue weighted by Crippen LogP contribution is 2.37. The molecule has 0 spiro atoms. The minimum Gasteiger partial charge on any atom is -0.376 e. The van der Waals surface area contributed by atoms with Crippen LogP contribution in [0.1, 0.15) is 49.7 Å². The third kappa shape index (κ3) is 6.46. The molecular weight excluding hydrogens is 342 g/mol. The van der Waals surface area contributed by atoms with Crippen LogP contribution in [0.25, 0.3) is 0 Å². The Balaban J connectivity index is 1.35. The number of hydrogen-bond acceptors (Lipinski definition) is 5. The van der Waals surface area contributed by atoms with Crippen molar-refractivity contribution in [2.75, 3.05) is 13.2 Å². The van der Waals surface area contributed by atoms with Crippen LogP contribution in [0.4, 0.5) is 0 Å². The molecule has 1 unspecified atom stereocenters. The summed E-state index contributed by atoms with van der Waals surface area (Å²) >= 11 is 0. The zero-order valence-electron chi connectivity index (χ0n) is 15.7. The number of terminal acetylenes is 1. The van der Waals surface area contributed by atoms with Crippen LogP contribution >= 0.6 is 0 Å². The molecule has 0 aromatic heterocycles. The van der Waals surface area contributed by atoms with Gasteiger partial charge in [0, 0.05) is 38.8 Å². The molecule has 3 rings (SSSR count). The first-order valence-electron chi connectivity index (χ1n) is 9.60. The number of carbonyl (C=O) groups is 1. The van der Waals surface area contributed by atoms with Crippen molar-refractivity contribution in [2.24, 2.45) is 10.2 Å². The maximum atomic E-state index is 12.1. The van der Waals surface area contributed by atoms with E-state index >= 15 is 0 Å². The van der Waals surface area contributed by atoms with E-state index in [2.05, 4.69) is 27.5 Å². The smallest absolute Gasteiger partial charge is 0.220 e. The molecular formula is C21H27N3O3. The summed E-state index contributed by atoms with van der Waals surface area (Å²) in [5.41, 5.74) is 1.76. The topological polar surface area (TPSA) is 72.3 Å². The molecule has 144 valence electrons. The Morgan fingerprint density at radius 3 is 2.96 bits per heavy atom. The quantitative estimate of drug-likeness (QED) is 0.608. The average molecular weight is 369 g/mol. The van der Waals surface area contributed by atoms with E-state index in [0.29, 0.717) is 39.0 Å². The van der Waals surface area contributed by atoms with Crippen molar-refractivity contribution in [3.63, 3.8) is 0 Å². The first-order valence-corrected chi connectivity index (χ1v) is 9.60. The fourth-order valence-corrected chi connectivity index (χ4v) is 3.18. The van der Waals surface area contributed by atoms with Gasteiger partial charge >= 0.3 is 0 Å². The van der Waals surface area contributed by atoms with Crippen molar-refractivity contribution >= 4 is 5.91 Å². The second-order valence-electron chi connectivity index (χ2n) is 7.13. The first-order chi connectivity index (χ1) is 13.2. The summed E-state index contributed by atoms with van der Waals surface area (Å²) < 4.78 is 11.3. The Kier molecular flexibility index (Phi) is 6.97. The molecule has 0 radical (unpaired) electrons. The lowest BCUT2D eigenvalue weighted by Crippen LogP contribution is -2.24. The zero-order valence-corrected chi connectivity index (χ0v) is 15.7. The number of hydrogen-bond donors (Lipinski definition) is 1. The molecule has 1 N–H and O–H groups in total. The summed E-state index contributed by atoms with van der Waals surface area (Å²) in [5, 5.41) is 11.1. The van der Waals surface area contributed by atoms with Gasteiger partial charge in [0.25, 0.3) is 0 Å². The second-order valence-corrected chi connectivity index (χ2v) is 7.13. The van der Waals surface area contributed by atoms with Crippen molar-refractivity contribution in [2.45, 2.75) is 63.4 Å². The molecule has 1 fully saturated rings. The summed E-state index contributed by atoms with van der Waals surface area (Å²) in [5.74, 6) is 2.60. The normalized spacial score (nSPS) is 19.6. The highest BCUT2D eigenvalue weighted by Gasteiger charge is 2.39. The minimum atomic E-state index is -0.399. The molecule has 2 aliphatic heterocycles. The predicted molar refractivity (Wildman–Crippen MR) is 102 cm³/mol. The van der Waals surface area contributed by atoms with E-state index < -0.39 is 5.66 Å². The molecule has 6 heteroatoms. The Hall–Kier alpha value is -2.23. The number of ether oxygens (including phenoxy) is 2. The average Bonchev–Trinajstić information content (AvgIpc) is 3.27. The fraction of sp³-hybridized carbons (Fsp3) is 0.571. The molecule has 1 aromatic carbocycles. The maximum absolute atomic E-state index is 12.1. The maximum Gasteiger partial charge on any atom is 0.220 e. The van der Waals surface area contributed by atoms with Crippen LogP contribution in [0.15, 0.2) is 34.5 Å². The number of nitrogens with one attached hydrogen (secondary N) is 1. The summed E-state index contributed by atoms with van der Waals surface area (Å²) in [6, 6.07) is 8.09. The van der Waals surface area contributed by atoms with Gasteiger partial charge in [-0.05, 0) is 24.0 Å². The first kappa shape index (κ1) is 19.5. The molecule has 0 bridgehead atoms. The summed E-state index contributed by atoms with van der Waals surface area (Å²) in [6.45, 7) is 2.54. The molecule has 6 nitrogen and oxygen atoms in total. The molecule has 1 aromatic rings. The number of amides is 1. The third-order valence-electron chi connectivity index (χ3n) is 4.88. The summed E-state index contributed by atoms with van der Waals surface area (Å²) in [4.78, 5) is 12.1. The van der Waals surface area contributed by atoms with Gasteiger partial charge in [0.05, 0.1) is 19.3 Å². The number of rotatable bonds is 11. The lowest BCUT2D eigenvalue weighted by atomic mass is 10.0. The zero-order chi connectivity index (χ0) is 19.0. The number of nitrogens with zero attached hydrogens (tertiary/aromatic N) is 2. The van der Waals surface area contributed by atoms with Gasteiger partial charge in [-0.15, -0.1) is 12.3 Å². The molecule has 1 atom stereocenters. The van der Waals surface area contributed by atoms with Crippen molar-refractivity contribution in [1.82, 2.24) is 5.32 Å². The molecule has 2 heterocycles. The van der Waals surface area contributed by atoms with Crippen LogP contribution in [0.2, 0.25) is 0 Å². The van der Waals surface area contributed by atoms with Crippen LogP contribution in [0.5, 0.6) is 0 Å². The van der Waals surface area contributed by atoms with Gasteiger partial charge in [0.1, 0.15) is 0 Å². The van der Waals surface area contributed by atoms with Crippen LogP contribution in [0.3, 0.4) is 0 Å². The van der Waals surface area contributed by atoms with Crippen molar-refractivity contribution in [1.29, 1.82) is 0 Å².